The minimum absolute atomic E-state index is 0.104. The van der Waals surface area contributed by atoms with Crippen molar-refractivity contribution in [3.8, 4) is 0 Å². The monoisotopic (exact) mass is 481 g/mol. The Balaban J connectivity index is 1.54. The summed E-state index contributed by atoms with van der Waals surface area (Å²) in [5.74, 6) is 3.85. The van der Waals surface area contributed by atoms with Gasteiger partial charge in [0.2, 0.25) is 11.1 Å². The summed E-state index contributed by atoms with van der Waals surface area (Å²) in [5, 5.41) is 14.4. The molecule has 1 amide bonds. The van der Waals surface area contributed by atoms with Gasteiger partial charge in [0.05, 0.1) is 17.7 Å². The van der Waals surface area contributed by atoms with Crippen LogP contribution in [-0.4, -0.2) is 32.7 Å². The second-order valence-electron chi connectivity index (χ2n) is 5.56. The molecule has 0 atom stereocenters. The van der Waals surface area contributed by atoms with Gasteiger partial charge < -0.3 is 11.2 Å². The highest BCUT2D eigenvalue weighted by atomic mass is 79.9. The molecule has 150 valence electrons. The van der Waals surface area contributed by atoms with Crippen LogP contribution < -0.4 is 16.6 Å². The third kappa shape index (κ3) is 5.74. The lowest BCUT2D eigenvalue weighted by Crippen LogP contribution is -2.17. The van der Waals surface area contributed by atoms with Crippen LogP contribution in [0.2, 0.25) is 0 Å². The first-order chi connectivity index (χ1) is 13.9. The Bertz CT molecular complexity index is 1060. The zero-order valence-corrected chi connectivity index (χ0v) is 17.0. The van der Waals surface area contributed by atoms with Crippen molar-refractivity contribution in [1.29, 1.82) is 0 Å². The molecule has 0 unspecified atom stereocenters. The minimum atomic E-state index is -0.861. The van der Waals surface area contributed by atoms with Gasteiger partial charge in [0.25, 0.3) is 5.95 Å². The van der Waals surface area contributed by atoms with Crippen LogP contribution >= 0.6 is 27.7 Å². The SMILES string of the molecule is Nn1c(N/N=C/c2cccc(Br)c2)nnc1SCC(=O)Nc1ccc(F)cc1F. The van der Waals surface area contributed by atoms with Gasteiger partial charge in [-0.15, -0.1) is 10.2 Å². The number of hydrogen-bond acceptors (Lipinski definition) is 7. The van der Waals surface area contributed by atoms with Crippen LogP contribution in [-0.2, 0) is 4.79 Å². The van der Waals surface area contributed by atoms with E-state index in [0.717, 1.165) is 38.6 Å². The van der Waals surface area contributed by atoms with Crippen molar-refractivity contribution in [3.05, 3.63) is 64.1 Å². The van der Waals surface area contributed by atoms with E-state index in [4.69, 9.17) is 5.84 Å². The molecule has 0 spiro atoms. The maximum atomic E-state index is 13.6. The van der Waals surface area contributed by atoms with Gasteiger partial charge in [0, 0.05) is 10.5 Å². The third-order valence-corrected chi connectivity index (χ3v) is 4.87. The van der Waals surface area contributed by atoms with E-state index in [1.807, 2.05) is 24.3 Å². The largest absolute Gasteiger partial charge is 0.334 e. The van der Waals surface area contributed by atoms with Crippen LogP contribution in [0, 0.1) is 11.6 Å². The highest BCUT2D eigenvalue weighted by Gasteiger charge is 2.13. The molecule has 0 bridgehead atoms. The van der Waals surface area contributed by atoms with Crippen LogP contribution in [0.1, 0.15) is 5.56 Å². The van der Waals surface area contributed by atoms with Gasteiger partial charge in [-0.25, -0.2) is 18.9 Å². The van der Waals surface area contributed by atoms with Crippen molar-refractivity contribution in [3.63, 3.8) is 0 Å². The van der Waals surface area contributed by atoms with Gasteiger partial charge in [-0.05, 0) is 29.8 Å². The molecule has 0 saturated heterocycles. The molecule has 0 fully saturated rings. The van der Waals surface area contributed by atoms with E-state index in [-0.39, 0.29) is 22.5 Å². The lowest BCUT2D eigenvalue weighted by atomic mass is 10.2. The number of rotatable bonds is 7. The average Bonchev–Trinajstić information content (AvgIpc) is 3.02. The van der Waals surface area contributed by atoms with Crippen molar-refractivity contribution >= 4 is 51.4 Å². The molecule has 1 aromatic heterocycles. The number of halogens is 3. The number of hydrazone groups is 1. The van der Waals surface area contributed by atoms with E-state index in [0.29, 0.717) is 6.07 Å². The molecule has 3 rings (SSSR count). The lowest BCUT2D eigenvalue weighted by Gasteiger charge is -2.06. The first kappa shape index (κ1) is 20.7. The predicted octanol–water partition coefficient (Wildman–Crippen LogP) is 3.21. The molecule has 3 aromatic rings. The van der Waals surface area contributed by atoms with Gasteiger partial charge in [0.15, 0.2) is 0 Å². The number of amides is 1. The van der Waals surface area contributed by atoms with Gasteiger partial charge in [-0.3, -0.25) is 4.79 Å². The number of benzene rings is 2. The lowest BCUT2D eigenvalue weighted by molar-refractivity contribution is -0.113. The number of carbonyl (C=O) groups is 1. The summed E-state index contributed by atoms with van der Waals surface area (Å²) >= 11 is 4.36. The summed E-state index contributed by atoms with van der Waals surface area (Å²) in [4.78, 5) is 12.0. The van der Waals surface area contributed by atoms with Crippen molar-refractivity contribution in [2.24, 2.45) is 5.10 Å². The van der Waals surface area contributed by atoms with E-state index in [1.165, 1.54) is 0 Å². The molecule has 0 radical (unpaired) electrons. The third-order valence-electron chi connectivity index (χ3n) is 3.43. The summed E-state index contributed by atoms with van der Waals surface area (Å²) in [6.45, 7) is 0. The first-order valence-corrected chi connectivity index (χ1v) is 9.83. The van der Waals surface area contributed by atoms with E-state index in [9.17, 15) is 13.6 Å². The van der Waals surface area contributed by atoms with E-state index in [1.54, 1.807) is 6.21 Å². The Morgan fingerprint density at radius 3 is 2.86 bits per heavy atom. The summed E-state index contributed by atoms with van der Waals surface area (Å²) < 4.78 is 28.5. The molecule has 0 aliphatic rings. The quantitative estimate of drug-likeness (QED) is 0.207. The number of carbonyl (C=O) groups excluding carboxylic acids is 1. The van der Waals surface area contributed by atoms with Crippen LogP contribution in [0.15, 0.2) is 57.2 Å². The van der Waals surface area contributed by atoms with E-state index in [2.05, 4.69) is 42.0 Å². The fourth-order valence-corrected chi connectivity index (χ4v) is 3.18. The average molecular weight is 482 g/mol. The fourth-order valence-electron chi connectivity index (χ4n) is 2.11. The number of nitrogens with zero attached hydrogens (tertiary/aromatic N) is 4. The minimum Gasteiger partial charge on any atom is -0.334 e. The Kier molecular flexibility index (Phi) is 6.77. The first-order valence-electron chi connectivity index (χ1n) is 8.05. The predicted molar refractivity (Wildman–Crippen MR) is 111 cm³/mol. The van der Waals surface area contributed by atoms with Gasteiger partial charge in [0.1, 0.15) is 11.6 Å². The highest BCUT2D eigenvalue weighted by molar-refractivity contribution is 9.10. The number of nitrogens with one attached hydrogen (secondary N) is 2. The standard InChI is InChI=1S/C17H14BrF2N7OS/c18-11-3-1-2-10(6-11)8-22-24-16-25-26-17(27(16)21)29-9-15(28)23-14-5-4-12(19)7-13(14)20/h1-8H,9,21H2,(H,23,28)(H,24,25)/b22-8+. The number of nitrogens with two attached hydrogens (primary N) is 1. The molecule has 0 aliphatic carbocycles. The Morgan fingerprint density at radius 1 is 1.28 bits per heavy atom. The zero-order valence-electron chi connectivity index (χ0n) is 14.6. The number of hydrogen-bond donors (Lipinski definition) is 3. The summed E-state index contributed by atoms with van der Waals surface area (Å²) in [6.07, 6.45) is 1.58. The topological polar surface area (TPSA) is 110 Å². The number of aromatic nitrogens is 3. The molecule has 8 nitrogen and oxygen atoms in total. The second kappa shape index (κ2) is 9.47. The Labute approximate surface area is 176 Å². The maximum Gasteiger partial charge on any atom is 0.264 e. The summed E-state index contributed by atoms with van der Waals surface area (Å²) in [6, 6.07) is 10.4. The van der Waals surface area contributed by atoms with Crippen LogP contribution in [0.3, 0.4) is 0 Å². The number of thioether (sulfide) groups is 1. The molecule has 4 N–H and O–H groups in total. The molecular formula is C17H14BrF2N7OS. The van der Waals surface area contributed by atoms with Crippen molar-refractivity contribution in [2.75, 3.05) is 22.3 Å². The van der Waals surface area contributed by atoms with Gasteiger partial charge in [-0.2, -0.15) is 5.10 Å². The van der Waals surface area contributed by atoms with Crippen molar-refractivity contribution in [2.45, 2.75) is 5.16 Å². The van der Waals surface area contributed by atoms with Gasteiger partial charge in [-0.1, -0.05) is 39.8 Å². The number of anilines is 2. The zero-order chi connectivity index (χ0) is 20.8. The van der Waals surface area contributed by atoms with Crippen molar-refractivity contribution < 1.29 is 13.6 Å². The van der Waals surface area contributed by atoms with Crippen molar-refractivity contribution in [1.82, 2.24) is 14.9 Å². The molecule has 1 heterocycles. The van der Waals surface area contributed by atoms with E-state index >= 15 is 0 Å². The number of nitrogen functional groups attached to an aromatic ring is 1. The Morgan fingerprint density at radius 2 is 2.10 bits per heavy atom. The molecule has 12 heteroatoms. The van der Waals surface area contributed by atoms with E-state index < -0.39 is 17.5 Å². The summed E-state index contributed by atoms with van der Waals surface area (Å²) in [7, 11) is 0. The molecule has 0 aliphatic heterocycles. The fraction of sp³-hybridized carbons (Fsp3) is 0.0588. The maximum absolute atomic E-state index is 13.6. The molecular weight excluding hydrogens is 468 g/mol. The van der Waals surface area contributed by atoms with Gasteiger partial charge >= 0.3 is 0 Å². The summed E-state index contributed by atoms with van der Waals surface area (Å²) in [5.41, 5.74) is 3.40. The molecule has 0 saturated carbocycles. The van der Waals surface area contributed by atoms with Crippen LogP contribution in [0.5, 0.6) is 0 Å². The molecule has 29 heavy (non-hydrogen) atoms. The normalized spacial score (nSPS) is 11.0. The smallest absolute Gasteiger partial charge is 0.264 e. The Hall–Kier alpha value is -2.99. The van der Waals surface area contributed by atoms with Crippen LogP contribution in [0.25, 0.3) is 0 Å². The second-order valence-corrected chi connectivity index (χ2v) is 7.42. The van der Waals surface area contributed by atoms with Crippen LogP contribution in [0.4, 0.5) is 20.4 Å². The highest BCUT2D eigenvalue weighted by Crippen LogP contribution is 2.19. The molecule has 2 aromatic carbocycles.